The fraction of sp³-hybridized carbons (Fsp3) is 0.316. The zero-order valence-electron chi connectivity index (χ0n) is 14.0. The molecule has 3 nitrogen and oxygen atoms in total. The Hall–Kier alpha value is -1.71. The first-order valence-corrected chi connectivity index (χ1v) is 8.69. The Labute approximate surface area is 152 Å². The smallest absolute Gasteiger partial charge is 0.265 e. The maximum atomic E-state index is 12.4. The molecule has 0 fully saturated rings. The fourth-order valence-corrected chi connectivity index (χ4v) is 2.57. The Morgan fingerprint density at radius 3 is 2.50 bits per heavy atom. The number of anilines is 1. The Kier molecular flexibility index (Phi) is 6.52. The molecule has 128 valence electrons. The molecule has 2 unspecified atom stereocenters. The number of para-hydroxylation sites is 1. The van der Waals surface area contributed by atoms with Crippen molar-refractivity contribution in [2.24, 2.45) is 0 Å². The highest BCUT2D eigenvalue weighted by Gasteiger charge is 2.18. The third kappa shape index (κ3) is 4.65. The van der Waals surface area contributed by atoms with Crippen molar-refractivity contribution in [2.45, 2.75) is 39.2 Å². The first-order chi connectivity index (χ1) is 11.4. The molecule has 2 aromatic rings. The molecule has 1 N–H and O–H groups in total. The summed E-state index contributed by atoms with van der Waals surface area (Å²) >= 11 is 11.8. The number of halogens is 2. The van der Waals surface area contributed by atoms with Gasteiger partial charge >= 0.3 is 0 Å². The molecular formula is C19H21Cl2NO2. The highest BCUT2D eigenvalue weighted by Crippen LogP contribution is 2.29. The standard InChI is InChI=1S/C19H21Cl2NO2/c1-4-12(2)15-7-5-6-8-18(15)24-13(3)19(23)22-14-9-10-16(20)17(21)11-14/h5-13H,4H2,1-3H3,(H,22,23). The molecule has 1 amide bonds. The second-order valence-corrected chi connectivity index (χ2v) is 6.54. The lowest BCUT2D eigenvalue weighted by molar-refractivity contribution is -0.122. The van der Waals surface area contributed by atoms with Gasteiger partial charge in [-0.3, -0.25) is 4.79 Å². The molecule has 0 spiro atoms. The van der Waals surface area contributed by atoms with E-state index in [-0.39, 0.29) is 5.91 Å². The minimum Gasteiger partial charge on any atom is -0.481 e. The van der Waals surface area contributed by atoms with Crippen LogP contribution in [-0.4, -0.2) is 12.0 Å². The summed E-state index contributed by atoms with van der Waals surface area (Å²) in [6, 6.07) is 12.8. The van der Waals surface area contributed by atoms with E-state index in [0.29, 0.717) is 21.7 Å². The van der Waals surface area contributed by atoms with Gasteiger partial charge in [0.15, 0.2) is 6.10 Å². The van der Waals surface area contributed by atoms with Gasteiger partial charge in [-0.05, 0) is 49.1 Å². The normalized spacial score (nSPS) is 13.2. The average molecular weight is 366 g/mol. The molecule has 0 bridgehead atoms. The predicted octanol–water partition coefficient (Wildman–Crippen LogP) is 5.91. The van der Waals surface area contributed by atoms with Gasteiger partial charge in [-0.2, -0.15) is 0 Å². The van der Waals surface area contributed by atoms with Crippen molar-refractivity contribution in [2.75, 3.05) is 5.32 Å². The summed E-state index contributed by atoms with van der Waals surface area (Å²) in [5.74, 6) is 0.863. The van der Waals surface area contributed by atoms with E-state index < -0.39 is 6.10 Å². The summed E-state index contributed by atoms with van der Waals surface area (Å²) < 4.78 is 5.89. The molecule has 0 aromatic heterocycles. The van der Waals surface area contributed by atoms with Gasteiger partial charge < -0.3 is 10.1 Å². The zero-order valence-corrected chi connectivity index (χ0v) is 15.5. The van der Waals surface area contributed by atoms with Crippen LogP contribution in [0, 0.1) is 0 Å². The van der Waals surface area contributed by atoms with Crippen LogP contribution in [0.4, 0.5) is 5.69 Å². The average Bonchev–Trinajstić information content (AvgIpc) is 2.58. The van der Waals surface area contributed by atoms with Crippen molar-refractivity contribution >= 4 is 34.8 Å². The lowest BCUT2D eigenvalue weighted by Crippen LogP contribution is -2.30. The van der Waals surface area contributed by atoms with Crippen molar-refractivity contribution in [3.05, 3.63) is 58.1 Å². The number of hydrogen-bond acceptors (Lipinski definition) is 2. The van der Waals surface area contributed by atoms with Gasteiger partial charge in [0.2, 0.25) is 0 Å². The van der Waals surface area contributed by atoms with Gasteiger partial charge in [0.05, 0.1) is 10.0 Å². The van der Waals surface area contributed by atoms with Gasteiger partial charge in [-0.15, -0.1) is 0 Å². The lowest BCUT2D eigenvalue weighted by atomic mass is 9.98. The summed E-state index contributed by atoms with van der Waals surface area (Å²) in [5, 5.41) is 3.63. The zero-order chi connectivity index (χ0) is 17.7. The largest absolute Gasteiger partial charge is 0.481 e. The first-order valence-electron chi connectivity index (χ1n) is 7.93. The van der Waals surface area contributed by atoms with Crippen LogP contribution in [-0.2, 0) is 4.79 Å². The monoisotopic (exact) mass is 365 g/mol. The van der Waals surface area contributed by atoms with Crippen LogP contribution in [0.15, 0.2) is 42.5 Å². The molecule has 0 aliphatic carbocycles. The van der Waals surface area contributed by atoms with Crippen molar-refractivity contribution in [3.63, 3.8) is 0 Å². The Bertz CT molecular complexity index is 718. The van der Waals surface area contributed by atoms with Crippen molar-refractivity contribution in [1.29, 1.82) is 0 Å². The molecule has 0 aliphatic rings. The van der Waals surface area contributed by atoms with E-state index in [2.05, 4.69) is 19.2 Å². The van der Waals surface area contributed by atoms with Gasteiger partial charge in [-0.25, -0.2) is 0 Å². The predicted molar refractivity (Wildman–Crippen MR) is 100 cm³/mol. The summed E-state index contributed by atoms with van der Waals surface area (Å²) in [6.45, 7) is 5.99. The molecule has 24 heavy (non-hydrogen) atoms. The molecule has 0 radical (unpaired) electrons. The van der Waals surface area contributed by atoms with E-state index in [4.69, 9.17) is 27.9 Å². The molecule has 0 heterocycles. The summed E-state index contributed by atoms with van der Waals surface area (Å²) in [4.78, 5) is 12.4. The van der Waals surface area contributed by atoms with Gasteiger partial charge in [0.1, 0.15) is 5.75 Å². The third-order valence-electron chi connectivity index (χ3n) is 3.92. The second-order valence-electron chi connectivity index (χ2n) is 5.73. The van der Waals surface area contributed by atoms with Crippen LogP contribution in [0.5, 0.6) is 5.75 Å². The number of carbonyl (C=O) groups excluding carboxylic acids is 1. The maximum Gasteiger partial charge on any atom is 0.265 e. The van der Waals surface area contributed by atoms with E-state index in [1.165, 1.54) is 0 Å². The second kappa shape index (κ2) is 8.41. The number of amides is 1. The fourth-order valence-electron chi connectivity index (χ4n) is 2.28. The molecule has 2 rings (SSSR count). The molecule has 5 heteroatoms. The van der Waals surface area contributed by atoms with Crippen LogP contribution < -0.4 is 10.1 Å². The molecule has 0 aliphatic heterocycles. The van der Waals surface area contributed by atoms with Crippen LogP contribution in [0.3, 0.4) is 0 Å². The maximum absolute atomic E-state index is 12.4. The van der Waals surface area contributed by atoms with Crippen molar-refractivity contribution in [1.82, 2.24) is 0 Å². The van der Waals surface area contributed by atoms with Gasteiger partial charge in [0, 0.05) is 5.69 Å². The van der Waals surface area contributed by atoms with Crippen LogP contribution >= 0.6 is 23.2 Å². The van der Waals surface area contributed by atoms with Gasteiger partial charge in [-0.1, -0.05) is 55.2 Å². The van der Waals surface area contributed by atoms with E-state index >= 15 is 0 Å². The summed E-state index contributed by atoms with van der Waals surface area (Å²) in [6.07, 6.45) is 0.370. The first kappa shape index (κ1) is 18.6. The molecule has 2 atom stereocenters. The molecule has 0 saturated heterocycles. The highest BCUT2D eigenvalue weighted by molar-refractivity contribution is 6.42. The Morgan fingerprint density at radius 1 is 1.12 bits per heavy atom. The number of rotatable bonds is 6. The Balaban J connectivity index is 2.08. The van der Waals surface area contributed by atoms with E-state index in [0.717, 1.165) is 17.7 Å². The summed E-state index contributed by atoms with van der Waals surface area (Å²) in [7, 11) is 0. The minimum atomic E-state index is -0.635. The third-order valence-corrected chi connectivity index (χ3v) is 4.66. The van der Waals surface area contributed by atoms with E-state index in [1.807, 2.05) is 24.3 Å². The highest BCUT2D eigenvalue weighted by atomic mass is 35.5. The molecule has 2 aromatic carbocycles. The quantitative estimate of drug-likeness (QED) is 0.690. The number of carbonyl (C=O) groups is 1. The molecular weight excluding hydrogens is 345 g/mol. The van der Waals surface area contributed by atoms with E-state index in [9.17, 15) is 4.79 Å². The van der Waals surface area contributed by atoms with Crippen LogP contribution in [0.25, 0.3) is 0 Å². The number of ether oxygens (including phenoxy) is 1. The minimum absolute atomic E-state index is 0.243. The topological polar surface area (TPSA) is 38.3 Å². The lowest BCUT2D eigenvalue weighted by Gasteiger charge is -2.19. The SMILES string of the molecule is CCC(C)c1ccccc1OC(C)C(=O)Nc1ccc(Cl)c(Cl)c1. The number of benzene rings is 2. The van der Waals surface area contributed by atoms with Gasteiger partial charge in [0.25, 0.3) is 5.91 Å². The van der Waals surface area contributed by atoms with Crippen LogP contribution in [0.2, 0.25) is 10.0 Å². The van der Waals surface area contributed by atoms with Crippen molar-refractivity contribution < 1.29 is 9.53 Å². The molecule has 0 saturated carbocycles. The van der Waals surface area contributed by atoms with Crippen molar-refractivity contribution in [3.8, 4) is 5.75 Å². The number of nitrogens with one attached hydrogen (secondary N) is 1. The van der Waals surface area contributed by atoms with E-state index in [1.54, 1.807) is 25.1 Å². The summed E-state index contributed by atoms with van der Waals surface area (Å²) in [5.41, 5.74) is 1.69. The number of hydrogen-bond donors (Lipinski definition) is 1. The Morgan fingerprint density at radius 2 is 1.83 bits per heavy atom. The van der Waals surface area contributed by atoms with Crippen LogP contribution in [0.1, 0.15) is 38.7 Å².